The van der Waals surface area contributed by atoms with E-state index in [0.717, 1.165) is 72.5 Å². The number of hydrogen-bond donors (Lipinski definition) is 0. The van der Waals surface area contributed by atoms with Gasteiger partial charge in [-0.25, -0.2) is 0 Å². The third kappa shape index (κ3) is 6.13. The summed E-state index contributed by atoms with van der Waals surface area (Å²) in [4.78, 5) is 2.46. The van der Waals surface area contributed by atoms with Crippen molar-refractivity contribution in [3.05, 3.63) is 243 Å². The van der Waals surface area contributed by atoms with Crippen molar-refractivity contribution in [1.29, 1.82) is 0 Å². The molecule has 3 nitrogen and oxygen atoms in total. The van der Waals surface area contributed by atoms with E-state index in [9.17, 15) is 0 Å². The Morgan fingerprint density at radius 3 is 1.68 bits per heavy atom. The van der Waals surface area contributed by atoms with Gasteiger partial charge in [0.2, 0.25) is 0 Å². The molecule has 63 heavy (non-hydrogen) atoms. The molecule has 0 radical (unpaired) electrons. The molecule has 0 fully saturated rings. The van der Waals surface area contributed by atoms with Crippen LogP contribution in [0, 0.1) is 0 Å². The summed E-state index contributed by atoms with van der Waals surface area (Å²) in [6.45, 7) is 0. The number of para-hydroxylation sites is 3. The fourth-order valence-electron chi connectivity index (χ4n) is 9.72. The van der Waals surface area contributed by atoms with E-state index in [4.69, 9.17) is 4.42 Å². The van der Waals surface area contributed by atoms with E-state index < -0.39 is 0 Å². The van der Waals surface area contributed by atoms with Crippen LogP contribution in [0.2, 0.25) is 0 Å². The summed E-state index contributed by atoms with van der Waals surface area (Å²) in [5, 5.41) is 4.60. The molecule has 0 aliphatic heterocycles. The van der Waals surface area contributed by atoms with Crippen LogP contribution >= 0.6 is 0 Å². The Hall–Kier alpha value is -8.40. The van der Waals surface area contributed by atoms with Crippen LogP contribution in [-0.4, -0.2) is 4.57 Å². The lowest BCUT2D eigenvalue weighted by molar-refractivity contribution is 0.669. The highest BCUT2D eigenvalue weighted by Crippen LogP contribution is 2.51. The maximum atomic E-state index is 6.59. The molecule has 0 aliphatic carbocycles. The van der Waals surface area contributed by atoms with Gasteiger partial charge in [-0.3, -0.25) is 0 Å². The van der Waals surface area contributed by atoms with E-state index in [1.807, 2.05) is 6.07 Å². The first-order valence-corrected chi connectivity index (χ1v) is 21.5. The van der Waals surface area contributed by atoms with Crippen molar-refractivity contribution >= 4 is 60.8 Å². The minimum absolute atomic E-state index is 0.846. The number of aromatic nitrogens is 1. The first-order valence-electron chi connectivity index (χ1n) is 21.5. The molecule has 296 valence electrons. The Morgan fingerprint density at radius 1 is 0.333 bits per heavy atom. The highest BCUT2D eigenvalue weighted by Gasteiger charge is 2.26. The monoisotopic (exact) mass is 804 g/mol. The summed E-state index contributed by atoms with van der Waals surface area (Å²) in [6, 6.07) is 87.2. The second-order valence-corrected chi connectivity index (χ2v) is 16.0. The normalized spacial score (nSPS) is 11.5. The molecule has 0 unspecified atom stereocenters. The Morgan fingerprint density at radius 2 is 0.873 bits per heavy atom. The number of nitrogens with zero attached hydrogens (tertiary/aromatic N) is 2. The van der Waals surface area contributed by atoms with Gasteiger partial charge in [0.15, 0.2) is 0 Å². The maximum Gasteiger partial charge on any atom is 0.137 e. The zero-order valence-corrected chi connectivity index (χ0v) is 34.4. The molecule has 0 aliphatic rings. The van der Waals surface area contributed by atoms with Crippen LogP contribution in [0.15, 0.2) is 247 Å². The number of fused-ring (bicyclic) bond motifs is 6. The summed E-state index contributed by atoms with van der Waals surface area (Å²) in [5.41, 5.74) is 17.6. The highest BCUT2D eigenvalue weighted by molar-refractivity contribution is 6.17. The van der Waals surface area contributed by atoms with E-state index in [1.54, 1.807) is 0 Å². The second kappa shape index (κ2) is 15.3. The van der Waals surface area contributed by atoms with E-state index in [1.165, 1.54) is 38.5 Å². The molecule has 12 rings (SSSR count). The predicted molar refractivity (Wildman–Crippen MR) is 264 cm³/mol. The molecular formula is C60H40N2O. The molecule has 12 aromatic rings. The van der Waals surface area contributed by atoms with Gasteiger partial charge in [-0.2, -0.15) is 0 Å². The van der Waals surface area contributed by atoms with Crippen LogP contribution in [0.1, 0.15) is 0 Å². The fraction of sp³-hybridized carbons (Fsp3) is 0. The molecule has 0 N–H and O–H groups in total. The fourth-order valence-corrected chi connectivity index (χ4v) is 9.72. The zero-order valence-electron chi connectivity index (χ0n) is 34.4. The first-order chi connectivity index (χ1) is 31.3. The molecule has 2 aromatic heterocycles. The van der Waals surface area contributed by atoms with Gasteiger partial charge in [-0.15, -0.1) is 0 Å². The number of hydrogen-bond acceptors (Lipinski definition) is 2. The largest absolute Gasteiger partial charge is 0.456 e. The topological polar surface area (TPSA) is 21.3 Å². The van der Waals surface area contributed by atoms with Gasteiger partial charge in [0.1, 0.15) is 11.2 Å². The number of furan rings is 1. The van der Waals surface area contributed by atoms with Crippen LogP contribution in [0.5, 0.6) is 0 Å². The molecule has 0 amide bonds. The average molecular weight is 805 g/mol. The van der Waals surface area contributed by atoms with Crippen molar-refractivity contribution in [2.45, 2.75) is 0 Å². The molecule has 2 heterocycles. The van der Waals surface area contributed by atoms with Crippen molar-refractivity contribution in [2.75, 3.05) is 4.90 Å². The van der Waals surface area contributed by atoms with Crippen molar-refractivity contribution in [3.63, 3.8) is 0 Å². The summed E-state index contributed by atoms with van der Waals surface area (Å²) in [5.74, 6) is 0. The van der Waals surface area contributed by atoms with Crippen LogP contribution in [-0.2, 0) is 0 Å². The van der Waals surface area contributed by atoms with Gasteiger partial charge in [0, 0.05) is 33.1 Å². The van der Waals surface area contributed by atoms with E-state index in [2.05, 4.69) is 246 Å². The lowest BCUT2D eigenvalue weighted by Gasteiger charge is -2.30. The smallest absolute Gasteiger partial charge is 0.137 e. The first kappa shape index (κ1) is 36.5. The lowest BCUT2D eigenvalue weighted by Crippen LogP contribution is -2.12. The molecule has 0 saturated carbocycles. The van der Waals surface area contributed by atoms with Crippen LogP contribution in [0.3, 0.4) is 0 Å². The van der Waals surface area contributed by atoms with E-state index >= 15 is 0 Å². The minimum atomic E-state index is 0.846. The molecule has 0 bridgehead atoms. The van der Waals surface area contributed by atoms with E-state index in [0.29, 0.717) is 0 Å². The Bertz CT molecular complexity index is 3620. The van der Waals surface area contributed by atoms with Crippen molar-refractivity contribution in [3.8, 4) is 50.2 Å². The van der Waals surface area contributed by atoms with E-state index in [-0.39, 0.29) is 0 Å². The van der Waals surface area contributed by atoms with Crippen molar-refractivity contribution in [1.82, 2.24) is 4.57 Å². The van der Waals surface area contributed by atoms with Gasteiger partial charge < -0.3 is 13.9 Å². The third-order valence-electron chi connectivity index (χ3n) is 12.4. The molecule has 10 aromatic carbocycles. The predicted octanol–water partition coefficient (Wildman–Crippen LogP) is 16.8. The van der Waals surface area contributed by atoms with Crippen LogP contribution in [0.4, 0.5) is 17.1 Å². The second-order valence-electron chi connectivity index (χ2n) is 16.0. The summed E-state index contributed by atoms with van der Waals surface area (Å²) < 4.78 is 8.98. The Kier molecular flexibility index (Phi) is 8.83. The average Bonchev–Trinajstić information content (AvgIpc) is 3.92. The number of rotatable bonds is 8. The van der Waals surface area contributed by atoms with Gasteiger partial charge in [0.25, 0.3) is 0 Å². The Balaban J connectivity index is 1.16. The van der Waals surface area contributed by atoms with Crippen LogP contribution in [0.25, 0.3) is 93.9 Å². The summed E-state index contributed by atoms with van der Waals surface area (Å²) >= 11 is 0. The van der Waals surface area contributed by atoms with Gasteiger partial charge in [-0.1, -0.05) is 182 Å². The minimum Gasteiger partial charge on any atom is -0.456 e. The Labute approximate surface area is 366 Å². The maximum absolute atomic E-state index is 6.59. The number of benzene rings is 10. The summed E-state index contributed by atoms with van der Waals surface area (Å²) in [7, 11) is 0. The van der Waals surface area contributed by atoms with Crippen LogP contribution < -0.4 is 4.90 Å². The van der Waals surface area contributed by atoms with Gasteiger partial charge in [-0.05, 0) is 99.6 Å². The standard InChI is InChI=1S/C60H40N2O/c1-4-20-41(21-5-1)46-28-10-11-29-49(46)58-47(42-22-6-2-7-23-42)32-17-35-53(58)62(55-37-19-39-57-60(55)51-31-13-15-38-56(51)63-57)45-27-16-24-43(40-45)48-33-18-36-54-59(48)50-30-12-14-34-52(50)61(54)44-25-8-3-9-26-44/h1-40H. The molecular weight excluding hydrogens is 765 g/mol. The lowest BCUT2D eigenvalue weighted by atomic mass is 9.87. The third-order valence-corrected chi connectivity index (χ3v) is 12.4. The van der Waals surface area contributed by atoms with Crippen molar-refractivity contribution < 1.29 is 4.42 Å². The molecule has 0 atom stereocenters. The van der Waals surface area contributed by atoms with Crippen molar-refractivity contribution in [2.24, 2.45) is 0 Å². The zero-order chi connectivity index (χ0) is 41.7. The highest BCUT2D eigenvalue weighted by atomic mass is 16.3. The van der Waals surface area contributed by atoms with Gasteiger partial charge >= 0.3 is 0 Å². The van der Waals surface area contributed by atoms with Gasteiger partial charge in [0.05, 0.1) is 27.8 Å². The molecule has 0 saturated heterocycles. The molecule has 0 spiro atoms. The molecule has 3 heteroatoms. The quantitative estimate of drug-likeness (QED) is 0.153. The number of anilines is 3. The SMILES string of the molecule is c1ccc(-c2ccccc2-c2c(-c3ccccc3)cccc2N(c2cccc(-c3cccc4c3c3ccccc3n4-c3ccccc3)c2)c2cccc3oc4ccccc4c23)cc1. The summed E-state index contributed by atoms with van der Waals surface area (Å²) in [6.07, 6.45) is 0.